The first-order valence-electron chi connectivity index (χ1n) is 9.52. The van der Waals surface area contributed by atoms with Crippen LogP contribution in [0.1, 0.15) is 70.1 Å². The van der Waals surface area contributed by atoms with E-state index in [1.165, 1.54) is 0 Å². The lowest BCUT2D eigenvalue weighted by Crippen LogP contribution is -2.52. The van der Waals surface area contributed by atoms with Gasteiger partial charge in [-0.1, -0.05) is 19.9 Å². The highest BCUT2D eigenvalue weighted by atomic mass is 32.1. The molecular weight excluding hydrogens is 358 g/mol. The molecule has 3 rings (SSSR count). The largest absolute Gasteiger partial charge is 0.459 e. The van der Waals surface area contributed by atoms with Gasteiger partial charge in [-0.05, 0) is 51.7 Å². The van der Waals surface area contributed by atoms with Crippen LogP contribution in [0.3, 0.4) is 0 Å². The zero-order valence-corrected chi connectivity index (χ0v) is 17.5. The van der Waals surface area contributed by atoms with Gasteiger partial charge in [-0.3, -0.25) is 15.1 Å². The number of thiazole rings is 1. The summed E-state index contributed by atoms with van der Waals surface area (Å²) in [5.41, 5.74) is -0.276. The van der Waals surface area contributed by atoms with Crippen LogP contribution in [0.4, 0.5) is 0 Å². The molecule has 3 atom stereocenters. The second kappa shape index (κ2) is 7.68. The normalized spacial score (nSPS) is 25.7. The zero-order valence-electron chi connectivity index (χ0n) is 16.7. The number of carbonyl (C=O) groups is 1. The second-order valence-corrected chi connectivity index (χ2v) is 9.67. The van der Waals surface area contributed by atoms with E-state index in [0.717, 1.165) is 10.7 Å². The van der Waals surface area contributed by atoms with Crippen molar-refractivity contribution in [1.29, 1.82) is 0 Å². The number of hydrogen-bond acceptors (Lipinski definition) is 6. The summed E-state index contributed by atoms with van der Waals surface area (Å²) in [4.78, 5) is 22.4. The van der Waals surface area contributed by atoms with Crippen LogP contribution < -0.4 is 5.32 Å². The van der Waals surface area contributed by atoms with Crippen molar-refractivity contribution in [1.82, 2.24) is 15.3 Å². The van der Waals surface area contributed by atoms with E-state index >= 15 is 0 Å². The SMILES string of the molecule is CC(C)C[C@@]1(C(=O)OC(C)(C)C)C[C@H](c2ccccn2)[C@H](c2nccs2)N1. The van der Waals surface area contributed by atoms with Crippen LogP contribution in [0.2, 0.25) is 0 Å². The molecule has 0 aliphatic carbocycles. The van der Waals surface area contributed by atoms with Crippen molar-refractivity contribution in [3.05, 3.63) is 46.7 Å². The van der Waals surface area contributed by atoms with Crippen molar-refractivity contribution < 1.29 is 9.53 Å². The van der Waals surface area contributed by atoms with E-state index in [0.29, 0.717) is 18.8 Å². The first-order chi connectivity index (χ1) is 12.7. The highest BCUT2D eigenvalue weighted by Gasteiger charge is 2.53. The van der Waals surface area contributed by atoms with E-state index in [4.69, 9.17) is 4.74 Å². The molecular formula is C21H29N3O2S. The molecule has 0 saturated carbocycles. The van der Waals surface area contributed by atoms with Gasteiger partial charge in [0.05, 0.1) is 6.04 Å². The van der Waals surface area contributed by atoms with Gasteiger partial charge in [-0.25, -0.2) is 4.98 Å². The quantitative estimate of drug-likeness (QED) is 0.766. The van der Waals surface area contributed by atoms with E-state index in [9.17, 15) is 4.79 Å². The fraction of sp³-hybridized carbons (Fsp3) is 0.571. The predicted octanol–water partition coefficient (Wildman–Crippen LogP) is 4.48. The molecule has 6 heteroatoms. The molecule has 27 heavy (non-hydrogen) atoms. The molecule has 0 amide bonds. The van der Waals surface area contributed by atoms with Gasteiger partial charge in [0.1, 0.15) is 16.1 Å². The standard InChI is InChI=1S/C21H29N3O2S/c1-14(2)12-21(19(25)26-20(3,4)5)13-15(16-8-6-7-9-22-16)17(24-21)18-23-10-11-27-18/h6-11,14-15,17,24H,12-13H2,1-5H3/t15-,17-,21+/m1/s1. The van der Waals surface area contributed by atoms with E-state index in [-0.39, 0.29) is 17.9 Å². The number of esters is 1. The molecule has 5 nitrogen and oxygen atoms in total. The molecule has 0 radical (unpaired) electrons. The Balaban J connectivity index is 2.00. The van der Waals surface area contributed by atoms with Gasteiger partial charge in [0.2, 0.25) is 0 Å². The summed E-state index contributed by atoms with van der Waals surface area (Å²) in [5, 5.41) is 6.60. The smallest absolute Gasteiger partial charge is 0.326 e. The summed E-state index contributed by atoms with van der Waals surface area (Å²) in [6.45, 7) is 10.0. The van der Waals surface area contributed by atoms with Gasteiger partial charge >= 0.3 is 5.97 Å². The van der Waals surface area contributed by atoms with Crippen molar-refractivity contribution in [2.24, 2.45) is 5.92 Å². The van der Waals surface area contributed by atoms with Crippen LogP contribution in [0.15, 0.2) is 36.0 Å². The van der Waals surface area contributed by atoms with Crippen molar-refractivity contribution in [2.75, 3.05) is 0 Å². The van der Waals surface area contributed by atoms with Crippen molar-refractivity contribution >= 4 is 17.3 Å². The van der Waals surface area contributed by atoms with Gasteiger partial charge in [0, 0.05) is 29.4 Å². The first kappa shape index (κ1) is 20.0. The molecule has 0 spiro atoms. The molecule has 0 bridgehead atoms. The number of nitrogens with one attached hydrogen (secondary N) is 1. The number of aromatic nitrogens is 2. The Kier molecular flexibility index (Phi) is 5.68. The maximum absolute atomic E-state index is 13.3. The number of nitrogens with zero attached hydrogens (tertiary/aromatic N) is 2. The fourth-order valence-electron chi connectivity index (χ4n) is 3.88. The summed E-state index contributed by atoms with van der Waals surface area (Å²) >= 11 is 1.61. The summed E-state index contributed by atoms with van der Waals surface area (Å²) in [6, 6.07) is 5.90. The minimum absolute atomic E-state index is 0.0498. The lowest BCUT2D eigenvalue weighted by molar-refractivity contribution is -0.163. The molecule has 1 saturated heterocycles. The van der Waals surface area contributed by atoms with Crippen molar-refractivity contribution in [3.8, 4) is 0 Å². The maximum Gasteiger partial charge on any atom is 0.326 e. The molecule has 1 aliphatic rings. The Hall–Kier alpha value is -1.79. The van der Waals surface area contributed by atoms with Gasteiger partial charge in [0.15, 0.2) is 0 Å². The van der Waals surface area contributed by atoms with Gasteiger partial charge in [-0.15, -0.1) is 11.3 Å². The Morgan fingerprint density at radius 2 is 2.11 bits per heavy atom. The lowest BCUT2D eigenvalue weighted by atomic mass is 9.83. The fourth-order valence-corrected chi connectivity index (χ4v) is 4.64. The van der Waals surface area contributed by atoms with E-state index < -0.39 is 11.1 Å². The third-order valence-electron chi connectivity index (χ3n) is 4.73. The minimum atomic E-state index is -0.736. The average Bonchev–Trinajstić information content (AvgIpc) is 3.21. The third-order valence-corrected chi connectivity index (χ3v) is 5.59. The molecule has 2 aromatic rings. The first-order valence-corrected chi connectivity index (χ1v) is 10.4. The predicted molar refractivity (Wildman–Crippen MR) is 108 cm³/mol. The summed E-state index contributed by atoms with van der Waals surface area (Å²) in [6.07, 6.45) is 4.99. The van der Waals surface area contributed by atoms with E-state index in [1.807, 2.05) is 56.7 Å². The summed E-state index contributed by atoms with van der Waals surface area (Å²) in [7, 11) is 0. The highest BCUT2D eigenvalue weighted by molar-refractivity contribution is 7.09. The summed E-state index contributed by atoms with van der Waals surface area (Å²) < 4.78 is 5.84. The minimum Gasteiger partial charge on any atom is -0.459 e. The number of ether oxygens (including phenoxy) is 1. The van der Waals surface area contributed by atoms with Crippen molar-refractivity contribution in [3.63, 3.8) is 0 Å². The molecule has 1 fully saturated rings. The van der Waals surface area contributed by atoms with Crippen LogP contribution in [0.5, 0.6) is 0 Å². The Morgan fingerprint density at radius 3 is 2.67 bits per heavy atom. The Bertz CT molecular complexity index is 755. The van der Waals surface area contributed by atoms with Crippen LogP contribution >= 0.6 is 11.3 Å². The van der Waals surface area contributed by atoms with Crippen molar-refractivity contribution in [2.45, 2.75) is 70.6 Å². The topological polar surface area (TPSA) is 64.1 Å². The van der Waals surface area contributed by atoms with Gasteiger partial charge < -0.3 is 4.74 Å². The monoisotopic (exact) mass is 387 g/mol. The Labute approximate surface area is 165 Å². The number of carbonyl (C=O) groups excluding carboxylic acids is 1. The van der Waals surface area contributed by atoms with E-state index in [2.05, 4.69) is 29.1 Å². The Morgan fingerprint density at radius 1 is 1.33 bits per heavy atom. The second-order valence-electron chi connectivity index (χ2n) is 8.74. The number of hydrogen-bond donors (Lipinski definition) is 1. The molecule has 0 unspecified atom stereocenters. The average molecular weight is 388 g/mol. The molecule has 3 heterocycles. The summed E-state index contributed by atoms with van der Waals surface area (Å²) in [5.74, 6) is 0.247. The van der Waals surface area contributed by atoms with Crippen LogP contribution in [-0.2, 0) is 9.53 Å². The molecule has 0 aromatic carbocycles. The molecule has 1 N–H and O–H groups in total. The lowest BCUT2D eigenvalue weighted by Gasteiger charge is -2.33. The van der Waals surface area contributed by atoms with Gasteiger partial charge in [0.25, 0.3) is 0 Å². The van der Waals surface area contributed by atoms with Crippen LogP contribution in [0, 0.1) is 5.92 Å². The third kappa shape index (κ3) is 4.55. The zero-order chi connectivity index (χ0) is 19.7. The maximum atomic E-state index is 13.3. The number of pyridine rings is 1. The van der Waals surface area contributed by atoms with Gasteiger partial charge in [-0.2, -0.15) is 0 Å². The van der Waals surface area contributed by atoms with E-state index in [1.54, 1.807) is 11.3 Å². The number of rotatable bonds is 5. The molecule has 146 valence electrons. The van der Waals surface area contributed by atoms with Crippen LogP contribution in [-0.4, -0.2) is 27.1 Å². The van der Waals surface area contributed by atoms with Crippen LogP contribution in [0.25, 0.3) is 0 Å². The molecule has 2 aromatic heterocycles. The highest BCUT2D eigenvalue weighted by Crippen LogP contribution is 2.47. The molecule has 1 aliphatic heterocycles.